The standard InChI is InChI=1S/C26H22ClNO4/c1-16-4-8-20(12-17(16)2)25-28-22(26(29)32-25)13-19-7-11-23(24(14-19)30-3)31-15-18-5-9-21(27)10-6-18/h4-14H,15H2,1-3H3/b22-13+. The fourth-order valence-electron chi connectivity index (χ4n) is 3.20. The van der Waals surface area contributed by atoms with Crippen LogP contribution >= 0.6 is 11.6 Å². The molecule has 6 heteroatoms. The summed E-state index contributed by atoms with van der Waals surface area (Å²) in [5.41, 5.74) is 5.02. The van der Waals surface area contributed by atoms with Gasteiger partial charge in [0.2, 0.25) is 5.90 Å². The van der Waals surface area contributed by atoms with Crippen LogP contribution in [0, 0.1) is 13.8 Å². The average molecular weight is 448 g/mol. The Morgan fingerprint density at radius 3 is 2.47 bits per heavy atom. The molecule has 0 fully saturated rings. The van der Waals surface area contributed by atoms with E-state index in [1.165, 1.54) is 5.56 Å². The highest BCUT2D eigenvalue weighted by Gasteiger charge is 2.24. The number of carbonyl (C=O) groups is 1. The second-order valence-corrected chi connectivity index (χ2v) is 7.90. The number of aliphatic imine (C=N–C) groups is 1. The lowest BCUT2D eigenvalue weighted by molar-refractivity contribution is -0.129. The normalized spacial score (nSPS) is 14.3. The van der Waals surface area contributed by atoms with Crippen LogP contribution in [0.5, 0.6) is 11.5 Å². The number of nitrogens with zero attached hydrogens (tertiary/aromatic N) is 1. The molecular formula is C26H22ClNO4. The SMILES string of the molecule is COc1cc(/C=C2/N=C(c3ccc(C)c(C)c3)OC2=O)ccc1OCc1ccc(Cl)cc1. The summed E-state index contributed by atoms with van der Waals surface area (Å²) in [5, 5.41) is 0.678. The molecule has 3 aromatic carbocycles. The van der Waals surface area contributed by atoms with Crippen molar-refractivity contribution in [2.45, 2.75) is 20.5 Å². The second-order valence-electron chi connectivity index (χ2n) is 7.46. The minimum absolute atomic E-state index is 0.232. The third kappa shape index (κ3) is 4.84. The Morgan fingerprint density at radius 2 is 1.75 bits per heavy atom. The molecule has 0 bridgehead atoms. The van der Waals surface area contributed by atoms with E-state index in [4.69, 9.17) is 25.8 Å². The molecule has 0 spiro atoms. The number of cyclic esters (lactones) is 1. The van der Waals surface area contributed by atoms with E-state index in [-0.39, 0.29) is 5.70 Å². The highest BCUT2D eigenvalue weighted by molar-refractivity contribution is 6.30. The molecule has 0 saturated heterocycles. The number of hydrogen-bond donors (Lipinski definition) is 0. The molecule has 0 saturated carbocycles. The summed E-state index contributed by atoms with van der Waals surface area (Å²) in [7, 11) is 1.57. The van der Waals surface area contributed by atoms with Gasteiger partial charge in [-0.3, -0.25) is 0 Å². The zero-order valence-electron chi connectivity index (χ0n) is 18.0. The van der Waals surface area contributed by atoms with Crippen molar-refractivity contribution >= 4 is 29.5 Å². The van der Waals surface area contributed by atoms with Gasteiger partial charge in [0.05, 0.1) is 7.11 Å². The molecule has 3 aromatic rings. The Balaban J connectivity index is 1.54. The van der Waals surface area contributed by atoms with E-state index >= 15 is 0 Å². The number of esters is 1. The van der Waals surface area contributed by atoms with Gasteiger partial charge in [0.1, 0.15) is 6.61 Å². The van der Waals surface area contributed by atoms with Crippen LogP contribution in [0.15, 0.2) is 71.4 Å². The minimum atomic E-state index is -0.486. The largest absolute Gasteiger partial charge is 0.493 e. The van der Waals surface area contributed by atoms with Crippen molar-refractivity contribution in [2.75, 3.05) is 7.11 Å². The summed E-state index contributed by atoms with van der Waals surface area (Å²) in [6.45, 7) is 4.42. The lowest BCUT2D eigenvalue weighted by Crippen LogP contribution is -2.05. The third-order valence-electron chi connectivity index (χ3n) is 5.17. The maximum atomic E-state index is 12.3. The van der Waals surface area contributed by atoms with Crippen LogP contribution in [-0.4, -0.2) is 19.0 Å². The van der Waals surface area contributed by atoms with E-state index in [9.17, 15) is 4.79 Å². The van der Waals surface area contributed by atoms with Gasteiger partial charge < -0.3 is 14.2 Å². The maximum absolute atomic E-state index is 12.3. The van der Waals surface area contributed by atoms with E-state index in [1.807, 2.05) is 62.4 Å². The van der Waals surface area contributed by atoms with Crippen molar-refractivity contribution in [3.05, 3.63) is 99.2 Å². The van der Waals surface area contributed by atoms with Crippen LogP contribution in [-0.2, 0) is 16.1 Å². The van der Waals surface area contributed by atoms with Gasteiger partial charge in [-0.25, -0.2) is 9.79 Å². The molecule has 162 valence electrons. The monoisotopic (exact) mass is 447 g/mol. The van der Waals surface area contributed by atoms with Gasteiger partial charge in [0.25, 0.3) is 0 Å². The van der Waals surface area contributed by atoms with E-state index in [0.717, 1.165) is 22.3 Å². The van der Waals surface area contributed by atoms with Crippen molar-refractivity contribution in [1.29, 1.82) is 0 Å². The molecule has 32 heavy (non-hydrogen) atoms. The molecule has 0 amide bonds. The summed E-state index contributed by atoms with van der Waals surface area (Å²) >= 11 is 5.92. The Labute approximate surface area is 191 Å². The fraction of sp³-hybridized carbons (Fsp3) is 0.154. The third-order valence-corrected chi connectivity index (χ3v) is 5.43. The molecule has 0 N–H and O–H groups in total. The molecule has 1 heterocycles. The summed E-state index contributed by atoms with van der Waals surface area (Å²) in [4.78, 5) is 16.7. The highest BCUT2D eigenvalue weighted by atomic mass is 35.5. The van der Waals surface area contributed by atoms with Gasteiger partial charge in [-0.1, -0.05) is 35.9 Å². The van der Waals surface area contributed by atoms with E-state index in [1.54, 1.807) is 25.3 Å². The Kier molecular flexibility index (Phi) is 6.28. The molecule has 4 rings (SSSR count). The van der Waals surface area contributed by atoms with Gasteiger partial charge in [0.15, 0.2) is 17.2 Å². The first-order valence-electron chi connectivity index (χ1n) is 10.1. The number of methoxy groups -OCH3 is 1. The van der Waals surface area contributed by atoms with Gasteiger partial charge in [-0.05, 0) is 78.6 Å². The first kappa shape index (κ1) is 21.7. The van der Waals surface area contributed by atoms with Crippen LogP contribution in [0.1, 0.15) is 27.8 Å². The number of carbonyl (C=O) groups excluding carboxylic acids is 1. The molecule has 0 atom stereocenters. The van der Waals surface area contributed by atoms with Crippen molar-refractivity contribution in [3.63, 3.8) is 0 Å². The highest BCUT2D eigenvalue weighted by Crippen LogP contribution is 2.30. The molecule has 5 nitrogen and oxygen atoms in total. The number of benzene rings is 3. The zero-order chi connectivity index (χ0) is 22.7. The van der Waals surface area contributed by atoms with Crippen molar-refractivity contribution in [2.24, 2.45) is 4.99 Å². The molecule has 1 aliphatic heterocycles. The summed E-state index contributed by atoms with van der Waals surface area (Å²) in [6.07, 6.45) is 1.67. The predicted molar refractivity (Wildman–Crippen MR) is 125 cm³/mol. The van der Waals surface area contributed by atoms with Gasteiger partial charge >= 0.3 is 5.97 Å². The van der Waals surface area contributed by atoms with E-state index in [0.29, 0.717) is 29.0 Å². The minimum Gasteiger partial charge on any atom is -0.493 e. The lowest BCUT2D eigenvalue weighted by atomic mass is 10.1. The van der Waals surface area contributed by atoms with Crippen LogP contribution in [0.2, 0.25) is 5.02 Å². The fourth-order valence-corrected chi connectivity index (χ4v) is 3.33. The number of hydrogen-bond acceptors (Lipinski definition) is 5. The Bertz CT molecular complexity index is 1230. The quantitative estimate of drug-likeness (QED) is 0.349. The summed E-state index contributed by atoms with van der Waals surface area (Å²) < 4.78 is 16.7. The maximum Gasteiger partial charge on any atom is 0.363 e. The van der Waals surface area contributed by atoms with Crippen molar-refractivity contribution in [1.82, 2.24) is 0 Å². The zero-order valence-corrected chi connectivity index (χ0v) is 18.8. The summed E-state index contributed by atoms with van der Waals surface area (Å²) in [6, 6.07) is 18.7. The molecule has 1 aliphatic rings. The molecule has 0 aromatic heterocycles. The van der Waals surface area contributed by atoms with E-state index < -0.39 is 5.97 Å². The number of rotatable bonds is 6. The first-order valence-corrected chi connectivity index (χ1v) is 10.5. The van der Waals surface area contributed by atoms with Crippen LogP contribution in [0.25, 0.3) is 6.08 Å². The average Bonchev–Trinajstić information content (AvgIpc) is 3.15. The van der Waals surface area contributed by atoms with Gasteiger partial charge in [-0.2, -0.15) is 0 Å². The van der Waals surface area contributed by atoms with Gasteiger partial charge in [0, 0.05) is 10.6 Å². The number of ether oxygens (including phenoxy) is 3. The van der Waals surface area contributed by atoms with Crippen LogP contribution in [0.4, 0.5) is 0 Å². The molecular weight excluding hydrogens is 426 g/mol. The predicted octanol–water partition coefficient (Wildman–Crippen LogP) is 5.89. The molecule has 0 radical (unpaired) electrons. The van der Waals surface area contributed by atoms with Crippen molar-refractivity contribution in [3.8, 4) is 11.5 Å². The lowest BCUT2D eigenvalue weighted by Gasteiger charge is -2.11. The number of aryl methyl sites for hydroxylation is 2. The van der Waals surface area contributed by atoms with Crippen LogP contribution in [0.3, 0.4) is 0 Å². The topological polar surface area (TPSA) is 57.1 Å². The van der Waals surface area contributed by atoms with E-state index in [2.05, 4.69) is 4.99 Å². The molecule has 0 aliphatic carbocycles. The van der Waals surface area contributed by atoms with Gasteiger partial charge in [-0.15, -0.1) is 0 Å². The number of halogens is 1. The Hall–Kier alpha value is -3.57. The van der Waals surface area contributed by atoms with Crippen LogP contribution < -0.4 is 9.47 Å². The Morgan fingerprint density at radius 1 is 0.969 bits per heavy atom. The van der Waals surface area contributed by atoms with Crippen molar-refractivity contribution < 1.29 is 19.0 Å². The second kappa shape index (κ2) is 9.28. The smallest absolute Gasteiger partial charge is 0.363 e. The first-order chi connectivity index (χ1) is 15.4. The molecule has 0 unspecified atom stereocenters. The summed E-state index contributed by atoms with van der Waals surface area (Å²) in [5.74, 6) is 0.968.